The number of rotatable bonds is 3. The van der Waals surface area contributed by atoms with Gasteiger partial charge in [0.1, 0.15) is 0 Å². The van der Waals surface area contributed by atoms with Crippen molar-refractivity contribution >= 4 is 27.6 Å². The van der Waals surface area contributed by atoms with Gasteiger partial charge in [0.15, 0.2) is 0 Å². The molecule has 1 aromatic carbocycles. The molecule has 5 heteroatoms. The van der Waals surface area contributed by atoms with Gasteiger partial charge >= 0.3 is 5.97 Å². The number of hydrogen-bond donors (Lipinski definition) is 1. The van der Waals surface area contributed by atoms with Gasteiger partial charge in [0, 0.05) is 17.6 Å². The van der Waals surface area contributed by atoms with Crippen LogP contribution in [0.1, 0.15) is 31.7 Å². The van der Waals surface area contributed by atoms with Gasteiger partial charge in [-0.15, -0.1) is 0 Å². The Morgan fingerprint density at radius 1 is 1.60 bits per heavy atom. The van der Waals surface area contributed by atoms with E-state index in [4.69, 9.17) is 5.26 Å². The lowest BCUT2D eigenvalue weighted by Gasteiger charge is -2.41. The summed E-state index contributed by atoms with van der Waals surface area (Å²) in [5.74, 6) is -0.713. The summed E-state index contributed by atoms with van der Waals surface area (Å²) in [5, 5.41) is 18.4. The molecule has 20 heavy (non-hydrogen) atoms. The number of nitriles is 1. The van der Waals surface area contributed by atoms with E-state index in [-0.39, 0.29) is 0 Å². The van der Waals surface area contributed by atoms with Crippen molar-refractivity contribution in [1.82, 2.24) is 0 Å². The first-order valence-corrected chi connectivity index (χ1v) is 7.50. The van der Waals surface area contributed by atoms with E-state index >= 15 is 0 Å². The fraction of sp³-hybridized carbons (Fsp3) is 0.467. The number of hydrogen-bond acceptors (Lipinski definition) is 3. The number of nitrogens with zero attached hydrogens (tertiary/aromatic N) is 2. The molecule has 0 bridgehead atoms. The van der Waals surface area contributed by atoms with Crippen molar-refractivity contribution in [2.45, 2.75) is 26.2 Å². The Hall–Kier alpha value is -1.54. The number of benzene rings is 1. The Balaban J connectivity index is 2.30. The van der Waals surface area contributed by atoms with Gasteiger partial charge in [-0.2, -0.15) is 5.26 Å². The minimum Gasteiger partial charge on any atom is -0.481 e. The van der Waals surface area contributed by atoms with Crippen LogP contribution in [0.15, 0.2) is 22.7 Å². The Morgan fingerprint density at radius 2 is 2.35 bits per heavy atom. The molecule has 1 saturated heterocycles. The lowest BCUT2D eigenvalue weighted by Crippen LogP contribution is -2.47. The highest BCUT2D eigenvalue weighted by molar-refractivity contribution is 9.10. The molecule has 0 aliphatic carbocycles. The van der Waals surface area contributed by atoms with Gasteiger partial charge in [0.25, 0.3) is 0 Å². The van der Waals surface area contributed by atoms with Crippen LogP contribution in [-0.2, 0) is 4.79 Å². The van der Waals surface area contributed by atoms with E-state index in [1.54, 1.807) is 12.1 Å². The largest absolute Gasteiger partial charge is 0.481 e. The van der Waals surface area contributed by atoms with Gasteiger partial charge < -0.3 is 10.0 Å². The summed E-state index contributed by atoms with van der Waals surface area (Å²) >= 11 is 3.48. The summed E-state index contributed by atoms with van der Waals surface area (Å²) in [7, 11) is 0. The van der Waals surface area contributed by atoms with Crippen LogP contribution in [0.2, 0.25) is 0 Å². The van der Waals surface area contributed by atoms with Crippen LogP contribution >= 0.6 is 15.9 Å². The van der Waals surface area contributed by atoms with E-state index in [0.717, 1.165) is 29.5 Å². The van der Waals surface area contributed by atoms with Gasteiger partial charge in [-0.3, -0.25) is 4.79 Å². The van der Waals surface area contributed by atoms with Crippen LogP contribution in [0.4, 0.5) is 5.69 Å². The standard InChI is InChI=1S/C15H17BrN2O2/c1-2-15(14(19)20)6-3-7-18(10-15)13-5-4-11(9-17)8-12(13)16/h4-5,8H,2-3,6-7,10H2,1H3,(H,19,20). The second-order valence-electron chi connectivity index (χ2n) is 5.24. The average Bonchev–Trinajstić information content (AvgIpc) is 2.46. The maximum Gasteiger partial charge on any atom is 0.311 e. The lowest BCUT2D eigenvalue weighted by molar-refractivity contribution is -0.149. The third kappa shape index (κ3) is 2.66. The van der Waals surface area contributed by atoms with Crippen LogP contribution in [0.5, 0.6) is 0 Å². The van der Waals surface area contributed by atoms with E-state index in [0.29, 0.717) is 18.5 Å². The molecule has 106 valence electrons. The summed E-state index contributed by atoms with van der Waals surface area (Å²) in [6, 6.07) is 7.53. The number of carbonyl (C=O) groups is 1. The average molecular weight is 337 g/mol. The van der Waals surface area contributed by atoms with Crippen molar-refractivity contribution in [2.75, 3.05) is 18.0 Å². The number of carboxylic acid groups (broad SMARTS) is 1. The van der Waals surface area contributed by atoms with E-state index in [9.17, 15) is 9.90 Å². The van der Waals surface area contributed by atoms with Gasteiger partial charge in [-0.05, 0) is 53.4 Å². The molecule has 0 aromatic heterocycles. The number of carboxylic acids is 1. The number of anilines is 1. The Kier molecular flexibility index (Phi) is 4.34. The van der Waals surface area contributed by atoms with Crippen LogP contribution in [-0.4, -0.2) is 24.2 Å². The summed E-state index contributed by atoms with van der Waals surface area (Å²) in [5.41, 5.74) is 0.895. The summed E-state index contributed by atoms with van der Waals surface area (Å²) in [4.78, 5) is 13.7. The van der Waals surface area contributed by atoms with Crippen LogP contribution in [0, 0.1) is 16.7 Å². The fourth-order valence-electron chi connectivity index (χ4n) is 2.78. The van der Waals surface area contributed by atoms with Crippen LogP contribution in [0.3, 0.4) is 0 Å². The van der Waals surface area contributed by atoms with Gasteiger partial charge in [-0.25, -0.2) is 0 Å². The van der Waals surface area contributed by atoms with Crippen molar-refractivity contribution in [3.63, 3.8) is 0 Å². The zero-order valence-corrected chi connectivity index (χ0v) is 13.0. The molecule has 0 saturated carbocycles. The lowest BCUT2D eigenvalue weighted by atomic mass is 9.77. The first kappa shape index (κ1) is 14.9. The van der Waals surface area contributed by atoms with E-state index < -0.39 is 11.4 Å². The molecule has 1 atom stereocenters. The maximum atomic E-state index is 11.6. The molecular weight excluding hydrogens is 320 g/mol. The molecule has 4 nitrogen and oxygen atoms in total. The van der Waals surface area contributed by atoms with Crippen molar-refractivity contribution in [1.29, 1.82) is 5.26 Å². The van der Waals surface area contributed by atoms with Crippen molar-refractivity contribution in [3.05, 3.63) is 28.2 Å². The van der Waals surface area contributed by atoms with E-state index in [1.807, 2.05) is 13.0 Å². The zero-order chi connectivity index (χ0) is 14.8. The first-order chi connectivity index (χ1) is 9.52. The summed E-state index contributed by atoms with van der Waals surface area (Å²) in [6.45, 7) is 3.30. The normalized spacial score (nSPS) is 22.4. The minimum atomic E-state index is -0.713. The summed E-state index contributed by atoms with van der Waals surface area (Å²) in [6.07, 6.45) is 2.22. The topological polar surface area (TPSA) is 64.3 Å². The van der Waals surface area contributed by atoms with Crippen LogP contribution < -0.4 is 4.90 Å². The molecule has 0 amide bonds. The molecular formula is C15H17BrN2O2. The second kappa shape index (κ2) is 5.84. The van der Waals surface area contributed by atoms with Gasteiger partial charge in [-0.1, -0.05) is 6.92 Å². The van der Waals surface area contributed by atoms with Crippen molar-refractivity contribution in [3.8, 4) is 6.07 Å². The maximum absolute atomic E-state index is 11.6. The summed E-state index contributed by atoms with van der Waals surface area (Å²) < 4.78 is 0.842. The third-order valence-electron chi connectivity index (χ3n) is 4.12. The minimum absolute atomic E-state index is 0.517. The second-order valence-corrected chi connectivity index (χ2v) is 6.10. The van der Waals surface area contributed by atoms with E-state index in [2.05, 4.69) is 26.9 Å². The molecule has 0 spiro atoms. The Bertz CT molecular complexity index is 567. The molecule has 1 aromatic rings. The highest BCUT2D eigenvalue weighted by Gasteiger charge is 2.41. The molecule has 2 rings (SSSR count). The Labute approximate surface area is 127 Å². The molecule has 0 radical (unpaired) electrons. The highest BCUT2D eigenvalue weighted by Crippen LogP contribution is 2.38. The molecule has 1 unspecified atom stereocenters. The molecule has 1 N–H and O–H groups in total. The number of piperidine rings is 1. The van der Waals surface area contributed by atoms with Gasteiger partial charge in [0.05, 0.1) is 22.7 Å². The highest BCUT2D eigenvalue weighted by atomic mass is 79.9. The predicted molar refractivity (Wildman–Crippen MR) is 80.7 cm³/mol. The van der Waals surface area contributed by atoms with Crippen LogP contribution in [0.25, 0.3) is 0 Å². The number of halogens is 1. The zero-order valence-electron chi connectivity index (χ0n) is 11.4. The van der Waals surface area contributed by atoms with Gasteiger partial charge in [0.2, 0.25) is 0 Å². The fourth-order valence-corrected chi connectivity index (χ4v) is 3.41. The molecule has 1 aliphatic heterocycles. The smallest absolute Gasteiger partial charge is 0.311 e. The quantitative estimate of drug-likeness (QED) is 0.918. The molecule has 1 aliphatic rings. The number of aliphatic carboxylic acids is 1. The van der Waals surface area contributed by atoms with E-state index in [1.165, 1.54) is 0 Å². The third-order valence-corrected chi connectivity index (χ3v) is 4.76. The predicted octanol–water partition coefficient (Wildman–Crippen LogP) is 3.40. The molecule has 1 fully saturated rings. The van der Waals surface area contributed by atoms with Crippen molar-refractivity contribution < 1.29 is 9.90 Å². The first-order valence-electron chi connectivity index (χ1n) is 6.70. The monoisotopic (exact) mass is 336 g/mol. The SMILES string of the molecule is CCC1(C(=O)O)CCCN(c2ccc(C#N)cc2Br)C1. The van der Waals surface area contributed by atoms with Crippen molar-refractivity contribution in [2.24, 2.45) is 5.41 Å². The molecule has 1 heterocycles. The Morgan fingerprint density at radius 3 is 2.90 bits per heavy atom.